The summed E-state index contributed by atoms with van der Waals surface area (Å²) < 4.78 is 89.8. The predicted molar refractivity (Wildman–Crippen MR) is 164 cm³/mol. The average Bonchev–Trinajstić information content (AvgIpc) is 2.98. The summed E-state index contributed by atoms with van der Waals surface area (Å²) in [4.78, 5) is 42.4. The van der Waals surface area contributed by atoms with Crippen molar-refractivity contribution in [2.75, 3.05) is 14.2 Å². The molecule has 48 heavy (non-hydrogen) atoms. The third-order valence-corrected chi connectivity index (χ3v) is 6.23. The first-order valence-corrected chi connectivity index (χ1v) is 13.7. The second-order valence-corrected chi connectivity index (χ2v) is 10.1. The summed E-state index contributed by atoms with van der Waals surface area (Å²) in [6, 6.07) is 10.5. The molecule has 0 spiro atoms. The minimum atomic E-state index is -4.84. The zero-order chi connectivity index (χ0) is 33.5. The van der Waals surface area contributed by atoms with Crippen LogP contribution < -0.4 is 26.5 Å². The summed E-state index contributed by atoms with van der Waals surface area (Å²) in [6.45, 7) is 1.05. The van der Waals surface area contributed by atoms with E-state index in [0.717, 1.165) is 32.2 Å². The number of amides is 1. The maximum atomic E-state index is 13.2. The summed E-state index contributed by atoms with van der Waals surface area (Å²) in [7, 11) is 2.36. The van der Waals surface area contributed by atoms with Gasteiger partial charge in [0.2, 0.25) is 11.8 Å². The molecule has 4 heterocycles. The van der Waals surface area contributed by atoms with Gasteiger partial charge in [0.15, 0.2) is 17.2 Å². The van der Waals surface area contributed by atoms with Crippen LogP contribution in [0.3, 0.4) is 0 Å². The number of hydrogen-bond acceptors (Lipinski definition) is 9. The van der Waals surface area contributed by atoms with Crippen molar-refractivity contribution >= 4 is 66.6 Å². The number of rotatable bonds is 7. The number of carbonyl (C=O) groups is 2. The summed E-state index contributed by atoms with van der Waals surface area (Å²) in [6.07, 6.45) is -6.93. The van der Waals surface area contributed by atoms with E-state index in [1.54, 1.807) is 12.1 Å². The SMILES string of the molecule is CC(=O)c1ccc(Oc2ccc(Br)nc2)nc1C(F)(F)F.CON(C)C(=O)c1ccc(Oc2ccc(Br)nc2)nc1C(F)(F)F.[Br-].[CH3-].[Mg+2]. The van der Waals surface area contributed by atoms with Gasteiger partial charge in [0.1, 0.15) is 20.7 Å². The number of carbonyl (C=O) groups excluding carboxylic acids is 2. The van der Waals surface area contributed by atoms with Gasteiger partial charge in [0.25, 0.3) is 5.91 Å². The zero-order valence-corrected chi connectivity index (χ0v) is 31.3. The normalized spacial score (nSPS) is 10.6. The monoisotopic (exact) mass is 883 g/mol. The zero-order valence-electron chi connectivity index (χ0n) is 25.2. The average molecular weight is 887 g/mol. The molecule has 4 aromatic rings. The van der Waals surface area contributed by atoms with E-state index >= 15 is 0 Å². The number of halogens is 9. The largest absolute Gasteiger partial charge is 2.00 e. The van der Waals surface area contributed by atoms with E-state index in [9.17, 15) is 35.9 Å². The van der Waals surface area contributed by atoms with Gasteiger partial charge in [-0.25, -0.2) is 25.0 Å². The molecule has 0 aliphatic rings. The molecule has 4 rings (SSSR count). The third kappa shape index (κ3) is 12.8. The van der Waals surface area contributed by atoms with Gasteiger partial charge in [0.05, 0.1) is 25.1 Å². The Morgan fingerprint density at radius 1 is 0.729 bits per heavy atom. The second kappa shape index (κ2) is 19.3. The maximum Gasteiger partial charge on any atom is 2.00 e. The summed E-state index contributed by atoms with van der Waals surface area (Å²) in [5, 5.41) is 0.672. The summed E-state index contributed by atoms with van der Waals surface area (Å²) >= 11 is 6.25. The molecule has 0 aromatic carbocycles. The fourth-order valence-corrected chi connectivity index (χ4v) is 3.69. The van der Waals surface area contributed by atoms with E-state index in [0.29, 0.717) is 14.3 Å². The van der Waals surface area contributed by atoms with E-state index in [-0.39, 0.29) is 70.7 Å². The molecule has 0 aliphatic carbocycles. The fourth-order valence-electron chi connectivity index (χ4n) is 3.22. The van der Waals surface area contributed by atoms with Gasteiger partial charge < -0.3 is 33.9 Å². The number of aromatic nitrogens is 4. The molecule has 0 bridgehead atoms. The molecule has 0 unspecified atom stereocenters. The molecular formula is C28H22Br3F6MgN5O5. The standard InChI is InChI=1S/C14H11BrF3N3O3.C13H8BrF3N2O2.CH3.BrH.Mg/c1-21(23-2)13(22)9-4-6-11(20-12(9)14(16,17)18)24-8-3-5-10(15)19-7-8;1-7(20)9-3-5-11(19-12(9)13(15,16)17)21-8-2-4-10(14)18-6-8;;;/h3-7H,1-2H3;2-6H,1H3;1H3;1H;/q;;-1;;+2/p-1. The number of ether oxygens (including phenoxy) is 2. The van der Waals surface area contributed by atoms with Crippen LogP contribution in [0.4, 0.5) is 26.3 Å². The van der Waals surface area contributed by atoms with E-state index in [2.05, 4.69) is 56.6 Å². The quantitative estimate of drug-likeness (QED) is 0.0632. The van der Waals surface area contributed by atoms with Crippen molar-refractivity contribution in [1.82, 2.24) is 25.0 Å². The molecule has 0 fully saturated rings. The van der Waals surface area contributed by atoms with E-state index in [4.69, 9.17) is 9.47 Å². The smallest absolute Gasteiger partial charge is 1.00 e. The van der Waals surface area contributed by atoms with Crippen LogP contribution >= 0.6 is 31.9 Å². The fraction of sp³-hybridized carbons (Fsp3) is 0.179. The molecule has 4 aromatic heterocycles. The molecule has 0 saturated heterocycles. The Kier molecular flexibility index (Phi) is 18.1. The molecule has 0 atom stereocenters. The van der Waals surface area contributed by atoms with Crippen molar-refractivity contribution in [1.29, 1.82) is 0 Å². The van der Waals surface area contributed by atoms with Crippen LogP contribution in [0, 0.1) is 7.43 Å². The number of alkyl halides is 6. The van der Waals surface area contributed by atoms with Crippen LogP contribution in [-0.2, 0) is 17.2 Å². The first-order valence-electron chi connectivity index (χ1n) is 12.1. The first-order chi connectivity index (χ1) is 21.0. The Morgan fingerprint density at radius 3 is 1.46 bits per heavy atom. The van der Waals surface area contributed by atoms with Crippen molar-refractivity contribution in [3.63, 3.8) is 0 Å². The minimum absolute atomic E-state index is 0. The van der Waals surface area contributed by atoms with Crippen LogP contribution in [0.15, 0.2) is 70.1 Å². The Bertz CT molecular complexity index is 1670. The number of Topliss-reactive ketones (excluding diaryl/α,β-unsaturated/α-hetero) is 1. The van der Waals surface area contributed by atoms with E-state index in [1.165, 1.54) is 37.6 Å². The number of ketones is 1. The van der Waals surface area contributed by atoms with Gasteiger partial charge in [-0.05, 0) is 75.2 Å². The molecule has 20 heteroatoms. The van der Waals surface area contributed by atoms with Crippen molar-refractivity contribution in [2.45, 2.75) is 19.3 Å². The van der Waals surface area contributed by atoms with Gasteiger partial charge in [-0.15, -0.1) is 0 Å². The molecule has 1 amide bonds. The molecule has 0 aliphatic heterocycles. The predicted octanol–water partition coefficient (Wildman–Crippen LogP) is 5.01. The van der Waals surface area contributed by atoms with Gasteiger partial charge in [-0.2, -0.15) is 26.3 Å². The molecule has 0 saturated carbocycles. The van der Waals surface area contributed by atoms with Crippen LogP contribution in [0.25, 0.3) is 0 Å². The summed E-state index contributed by atoms with van der Waals surface area (Å²) in [5.74, 6) is -1.85. The van der Waals surface area contributed by atoms with Gasteiger partial charge in [-0.3, -0.25) is 14.4 Å². The van der Waals surface area contributed by atoms with Crippen molar-refractivity contribution in [2.24, 2.45) is 0 Å². The Hall–Kier alpha value is -2.91. The topological polar surface area (TPSA) is 117 Å². The molecule has 10 nitrogen and oxygen atoms in total. The summed E-state index contributed by atoms with van der Waals surface area (Å²) in [5.41, 5.74) is -3.77. The number of hydroxylamine groups is 2. The second-order valence-electron chi connectivity index (χ2n) is 8.47. The van der Waals surface area contributed by atoms with Crippen molar-refractivity contribution in [3.05, 3.63) is 100 Å². The molecular weight excluding hydrogens is 864 g/mol. The molecule has 0 N–H and O–H groups in total. The number of pyridine rings is 4. The van der Waals surface area contributed by atoms with Crippen LogP contribution in [0.5, 0.6) is 23.3 Å². The first kappa shape index (κ1) is 45.1. The van der Waals surface area contributed by atoms with Gasteiger partial charge >= 0.3 is 35.4 Å². The van der Waals surface area contributed by atoms with E-state index in [1.807, 2.05) is 0 Å². The Labute approximate surface area is 313 Å². The van der Waals surface area contributed by atoms with Crippen LogP contribution in [-0.4, -0.2) is 73.9 Å². The van der Waals surface area contributed by atoms with Gasteiger partial charge in [0, 0.05) is 24.7 Å². The Morgan fingerprint density at radius 2 is 1.12 bits per heavy atom. The minimum Gasteiger partial charge on any atom is -1.00 e. The van der Waals surface area contributed by atoms with Crippen LogP contribution in [0.2, 0.25) is 0 Å². The maximum absolute atomic E-state index is 13.2. The molecule has 0 radical (unpaired) electrons. The van der Waals surface area contributed by atoms with Crippen molar-refractivity contribution < 1.29 is 67.2 Å². The number of hydrogen-bond donors (Lipinski definition) is 0. The Balaban J connectivity index is 0.000000873. The number of nitrogens with zero attached hydrogens (tertiary/aromatic N) is 5. The van der Waals surface area contributed by atoms with Crippen LogP contribution in [0.1, 0.15) is 39.0 Å². The molecule has 254 valence electrons. The van der Waals surface area contributed by atoms with Crippen molar-refractivity contribution in [3.8, 4) is 23.3 Å². The van der Waals surface area contributed by atoms with E-state index < -0.39 is 46.6 Å². The van der Waals surface area contributed by atoms with Gasteiger partial charge in [-0.1, -0.05) is 0 Å². The third-order valence-electron chi connectivity index (χ3n) is 5.29.